The van der Waals surface area contributed by atoms with E-state index in [9.17, 15) is 9.90 Å². The minimum absolute atomic E-state index is 0.415. The molecule has 0 aromatic heterocycles. The average molecular weight is 253 g/mol. The van der Waals surface area contributed by atoms with E-state index in [4.69, 9.17) is 0 Å². The molecule has 0 bridgehead atoms. The van der Waals surface area contributed by atoms with Crippen molar-refractivity contribution in [1.29, 1.82) is 0 Å². The number of hydrogen-bond acceptors (Lipinski definition) is 3. The van der Waals surface area contributed by atoms with Gasteiger partial charge in [-0.3, -0.25) is 0 Å². The van der Waals surface area contributed by atoms with Crippen molar-refractivity contribution in [1.82, 2.24) is 0 Å². The van der Waals surface area contributed by atoms with Gasteiger partial charge in [0.15, 0.2) is 0 Å². The van der Waals surface area contributed by atoms with Crippen molar-refractivity contribution < 1.29 is 9.90 Å². The maximum atomic E-state index is 11.3. The zero-order valence-corrected chi connectivity index (χ0v) is 11.4. The molecular weight excluding hydrogens is 234 g/mol. The molecule has 4 heteroatoms. The lowest BCUT2D eigenvalue weighted by molar-refractivity contribution is 0.0694. The van der Waals surface area contributed by atoms with Gasteiger partial charge in [-0.1, -0.05) is 19.4 Å². The lowest BCUT2D eigenvalue weighted by atomic mass is 10.1. The minimum Gasteiger partial charge on any atom is -0.478 e. The number of rotatable bonds is 6. The van der Waals surface area contributed by atoms with Crippen molar-refractivity contribution in [2.24, 2.45) is 0 Å². The van der Waals surface area contributed by atoms with Gasteiger partial charge in [0, 0.05) is 18.5 Å². The first-order chi connectivity index (χ1) is 8.11. The zero-order valence-electron chi connectivity index (χ0n) is 10.6. The maximum absolute atomic E-state index is 11.3. The molecular formula is C13H19NO2S. The molecule has 0 unspecified atom stereocenters. The van der Waals surface area contributed by atoms with Crippen molar-refractivity contribution in [2.45, 2.75) is 24.7 Å². The van der Waals surface area contributed by atoms with Gasteiger partial charge >= 0.3 is 5.97 Å². The van der Waals surface area contributed by atoms with Crippen LogP contribution in [0.3, 0.4) is 0 Å². The van der Waals surface area contributed by atoms with Crippen molar-refractivity contribution in [3.63, 3.8) is 0 Å². The number of anilines is 1. The molecule has 0 fully saturated rings. The molecule has 0 atom stereocenters. The Balaban J connectivity index is 3.09. The highest BCUT2D eigenvalue weighted by atomic mass is 32.2. The Hall–Kier alpha value is -1.16. The van der Waals surface area contributed by atoms with Crippen molar-refractivity contribution in [3.05, 3.63) is 23.8 Å². The molecule has 0 aliphatic rings. The fourth-order valence-electron chi connectivity index (χ4n) is 1.74. The first kappa shape index (κ1) is 13.9. The van der Waals surface area contributed by atoms with Gasteiger partial charge in [0.25, 0.3) is 0 Å². The first-order valence-electron chi connectivity index (χ1n) is 5.73. The molecule has 3 nitrogen and oxygen atoms in total. The number of carboxylic acids is 1. The Bertz CT molecular complexity index is 393. The summed E-state index contributed by atoms with van der Waals surface area (Å²) in [5.41, 5.74) is 1.22. The van der Waals surface area contributed by atoms with Gasteiger partial charge in [-0.25, -0.2) is 4.79 Å². The summed E-state index contributed by atoms with van der Waals surface area (Å²) in [6.45, 7) is 3.01. The number of carboxylic acid groups (broad SMARTS) is 1. The molecule has 1 aromatic rings. The summed E-state index contributed by atoms with van der Waals surface area (Å²) in [6, 6.07) is 5.64. The second-order valence-electron chi connectivity index (χ2n) is 3.93. The lowest BCUT2D eigenvalue weighted by Gasteiger charge is -2.22. The topological polar surface area (TPSA) is 40.5 Å². The molecule has 0 saturated carbocycles. The smallest absolute Gasteiger partial charge is 0.338 e. The van der Waals surface area contributed by atoms with Crippen LogP contribution in [0, 0.1) is 0 Å². The van der Waals surface area contributed by atoms with Crippen LogP contribution in [0.2, 0.25) is 0 Å². The molecule has 0 saturated heterocycles. The van der Waals surface area contributed by atoms with Crippen LogP contribution in [0.5, 0.6) is 0 Å². The molecule has 0 heterocycles. The first-order valence-corrected chi connectivity index (χ1v) is 6.95. The van der Waals surface area contributed by atoms with E-state index in [2.05, 4.69) is 6.92 Å². The Morgan fingerprint density at radius 2 is 2.18 bits per heavy atom. The molecule has 0 amide bonds. The maximum Gasteiger partial charge on any atom is 0.338 e. The third-order valence-electron chi connectivity index (χ3n) is 2.70. The molecule has 0 aliphatic carbocycles. The van der Waals surface area contributed by atoms with Gasteiger partial charge in [0.2, 0.25) is 0 Å². The van der Waals surface area contributed by atoms with E-state index in [0.29, 0.717) is 5.56 Å². The second-order valence-corrected chi connectivity index (χ2v) is 4.78. The van der Waals surface area contributed by atoms with Crippen molar-refractivity contribution in [3.8, 4) is 0 Å². The SMILES string of the molecule is CCCCN(C)c1cccc(SC)c1C(=O)O. The third kappa shape index (κ3) is 3.40. The van der Waals surface area contributed by atoms with E-state index in [-0.39, 0.29) is 0 Å². The van der Waals surface area contributed by atoms with Crippen molar-refractivity contribution in [2.75, 3.05) is 24.7 Å². The molecule has 1 rings (SSSR count). The minimum atomic E-state index is -0.853. The van der Waals surface area contributed by atoms with Crippen LogP contribution in [-0.2, 0) is 0 Å². The van der Waals surface area contributed by atoms with E-state index < -0.39 is 5.97 Å². The van der Waals surface area contributed by atoms with Gasteiger partial charge in [-0.2, -0.15) is 0 Å². The Labute approximate surface area is 107 Å². The number of unbranched alkanes of at least 4 members (excludes halogenated alkanes) is 1. The van der Waals surface area contributed by atoms with Crippen molar-refractivity contribution >= 4 is 23.4 Å². The van der Waals surface area contributed by atoms with Gasteiger partial charge < -0.3 is 10.0 Å². The van der Waals surface area contributed by atoms with Gasteiger partial charge in [-0.15, -0.1) is 11.8 Å². The fraction of sp³-hybridized carbons (Fsp3) is 0.462. The predicted molar refractivity (Wildman–Crippen MR) is 73.4 cm³/mol. The molecule has 94 valence electrons. The standard InChI is InChI=1S/C13H19NO2S/c1-4-5-9-14(2)10-7-6-8-11(17-3)12(10)13(15)16/h6-8H,4-5,9H2,1-3H3,(H,15,16). The number of aromatic carboxylic acids is 1. The zero-order chi connectivity index (χ0) is 12.8. The fourth-order valence-corrected chi connectivity index (χ4v) is 2.35. The quantitative estimate of drug-likeness (QED) is 0.789. The number of benzene rings is 1. The van der Waals surface area contributed by atoms with Crippen LogP contribution in [0.25, 0.3) is 0 Å². The molecule has 0 aliphatic heterocycles. The van der Waals surface area contributed by atoms with Crippen LogP contribution in [0.15, 0.2) is 23.1 Å². The number of nitrogens with zero attached hydrogens (tertiary/aromatic N) is 1. The second kappa shape index (κ2) is 6.55. The number of thioether (sulfide) groups is 1. The number of carbonyl (C=O) groups is 1. The van der Waals surface area contributed by atoms with Crippen LogP contribution in [0.1, 0.15) is 30.1 Å². The van der Waals surface area contributed by atoms with E-state index in [1.807, 2.05) is 36.4 Å². The summed E-state index contributed by atoms with van der Waals surface area (Å²) in [6.07, 6.45) is 4.08. The molecule has 0 radical (unpaired) electrons. The van der Waals surface area contributed by atoms with E-state index in [0.717, 1.165) is 30.0 Å². The highest BCUT2D eigenvalue weighted by molar-refractivity contribution is 7.98. The third-order valence-corrected chi connectivity index (χ3v) is 3.48. The Kier molecular flexibility index (Phi) is 5.35. The van der Waals surface area contributed by atoms with Gasteiger partial charge in [0.1, 0.15) is 0 Å². The van der Waals surface area contributed by atoms with Crippen LogP contribution in [0.4, 0.5) is 5.69 Å². The summed E-state index contributed by atoms with van der Waals surface area (Å²) < 4.78 is 0. The normalized spacial score (nSPS) is 10.3. The molecule has 1 N–H and O–H groups in total. The summed E-state index contributed by atoms with van der Waals surface area (Å²) in [5.74, 6) is -0.853. The van der Waals surface area contributed by atoms with E-state index in [1.54, 1.807) is 0 Å². The summed E-state index contributed by atoms with van der Waals surface area (Å²) in [7, 11) is 1.95. The van der Waals surface area contributed by atoms with E-state index in [1.165, 1.54) is 11.8 Å². The predicted octanol–water partition coefficient (Wildman–Crippen LogP) is 3.34. The monoisotopic (exact) mass is 253 g/mol. The molecule has 17 heavy (non-hydrogen) atoms. The molecule has 0 spiro atoms. The summed E-state index contributed by atoms with van der Waals surface area (Å²) >= 11 is 1.47. The lowest BCUT2D eigenvalue weighted by Crippen LogP contribution is -2.21. The highest BCUT2D eigenvalue weighted by Crippen LogP contribution is 2.29. The van der Waals surface area contributed by atoms with E-state index >= 15 is 0 Å². The summed E-state index contributed by atoms with van der Waals surface area (Å²) in [4.78, 5) is 14.2. The number of hydrogen-bond donors (Lipinski definition) is 1. The Morgan fingerprint density at radius 1 is 1.47 bits per heavy atom. The van der Waals surface area contributed by atoms with Crippen LogP contribution in [-0.4, -0.2) is 30.9 Å². The average Bonchev–Trinajstić information content (AvgIpc) is 2.34. The van der Waals surface area contributed by atoms with Gasteiger partial charge in [0.05, 0.1) is 11.3 Å². The largest absolute Gasteiger partial charge is 0.478 e. The van der Waals surface area contributed by atoms with Crippen LogP contribution >= 0.6 is 11.8 Å². The van der Waals surface area contributed by atoms with Gasteiger partial charge in [-0.05, 0) is 24.8 Å². The van der Waals surface area contributed by atoms with Crippen LogP contribution < -0.4 is 4.90 Å². The highest BCUT2D eigenvalue weighted by Gasteiger charge is 2.17. The summed E-state index contributed by atoms with van der Waals surface area (Å²) in [5, 5.41) is 9.31. The molecule has 1 aromatic carbocycles. The Morgan fingerprint density at radius 3 is 2.71 bits per heavy atom.